The Morgan fingerprint density at radius 1 is 0.419 bits per heavy atom. The second-order valence-electron chi connectivity index (χ2n) is 21.0. The lowest BCUT2D eigenvalue weighted by molar-refractivity contribution is -0.870. The summed E-state index contributed by atoms with van der Waals surface area (Å²) in [6.45, 7) is 4.21. The number of hydrogen-bond donors (Lipinski definition) is 1. The number of quaternary nitrogens is 1. The van der Waals surface area contributed by atoms with Crippen molar-refractivity contribution < 1.29 is 42.1 Å². The van der Waals surface area contributed by atoms with Crippen molar-refractivity contribution in [3.63, 3.8) is 0 Å². The van der Waals surface area contributed by atoms with Gasteiger partial charge >= 0.3 is 19.8 Å². The first-order chi connectivity index (χ1) is 36.0. The number of esters is 2. The SMILES string of the molecule is CC/C=C\C/C=C\C/C=C\C/C=C\CCCCCCCCCCCCCCCCC(=O)OC(COC(=O)CCCCCCCCCCCC/C=C\C/C=C\C/C=C\C/C=C\CC)COP(=O)(O)OCC[N+](C)(C)C. The van der Waals surface area contributed by atoms with E-state index in [2.05, 4.69) is 111 Å². The van der Waals surface area contributed by atoms with Crippen molar-refractivity contribution in [2.24, 2.45) is 0 Å². The number of phosphoric ester groups is 1. The number of nitrogens with zero attached hydrogens (tertiary/aromatic N) is 1. The van der Waals surface area contributed by atoms with Gasteiger partial charge in [-0.25, -0.2) is 4.57 Å². The zero-order valence-corrected chi connectivity index (χ0v) is 49.2. The number of carbonyl (C=O) groups is 2. The molecule has 0 aromatic carbocycles. The molecule has 0 saturated heterocycles. The fourth-order valence-electron chi connectivity index (χ4n) is 8.06. The van der Waals surface area contributed by atoms with Crippen LogP contribution < -0.4 is 0 Å². The highest BCUT2D eigenvalue weighted by Crippen LogP contribution is 2.43. The molecule has 0 heterocycles. The van der Waals surface area contributed by atoms with E-state index < -0.39 is 26.5 Å². The minimum atomic E-state index is -4.39. The van der Waals surface area contributed by atoms with Gasteiger partial charge in [-0.05, 0) is 89.9 Å². The number of unbranched alkanes of at least 4 members (excludes halogenated alkanes) is 24. The highest BCUT2D eigenvalue weighted by molar-refractivity contribution is 7.47. The fourth-order valence-corrected chi connectivity index (χ4v) is 8.80. The highest BCUT2D eigenvalue weighted by Gasteiger charge is 2.27. The van der Waals surface area contributed by atoms with Gasteiger partial charge in [-0.2, -0.15) is 0 Å². The summed E-state index contributed by atoms with van der Waals surface area (Å²) in [5.41, 5.74) is 0. The molecule has 0 aliphatic carbocycles. The summed E-state index contributed by atoms with van der Waals surface area (Å²) in [5, 5.41) is 0. The van der Waals surface area contributed by atoms with E-state index >= 15 is 0 Å². The van der Waals surface area contributed by atoms with Gasteiger partial charge in [0.05, 0.1) is 27.7 Å². The zero-order chi connectivity index (χ0) is 54.2. The van der Waals surface area contributed by atoms with Gasteiger partial charge < -0.3 is 18.9 Å². The maximum Gasteiger partial charge on any atom is 0.472 e. The van der Waals surface area contributed by atoms with Crippen molar-refractivity contribution >= 4 is 19.8 Å². The monoisotopic (exact) mass is 1050 g/mol. The molecular formula is C64H113NO8P+. The summed E-state index contributed by atoms with van der Waals surface area (Å²) < 4.78 is 34.6. The van der Waals surface area contributed by atoms with E-state index in [9.17, 15) is 19.0 Å². The van der Waals surface area contributed by atoms with Gasteiger partial charge in [0.1, 0.15) is 19.8 Å². The Hall–Kier alpha value is -3.07. The Bertz CT molecular complexity index is 1570. The molecule has 2 unspecified atom stereocenters. The van der Waals surface area contributed by atoms with Crippen LogP contribution in [-0.2, 0) is 32.7 Å². The average molecular weight is 1060 g/mol. The second kappa shape index (κ2) is 54.7. The Labute approximate surface area is 455 Å². The van der Waals surface area contributed by atoms with E-state index in [1.165, 1.54) is 116 Å². The zero-order valence-electron chi connectivity index (χ0n) is 48.3. The molecule has 0 saturated carbocycles. The number of carbonyl (C=O) groups excluding carboxylic acids is 2. The largest absolute Gasteiger partial charge is 0.472 e. The van der Waals surface area contributed by atoms with E-state index in [0.29, 0.717) is 17.4 Å². The molecule has 0 bridgehead atoms. The van der Waals surface area contributed by atoms with Gasteiger partial charge in [0, 0.05) is 12.8 Å². The Kier molecular flexibility index (Phi) is 52.4. The van der Waals surface area contributed by atoms with E-state index in [-0.39, 0.29) is 32.0 Å². The average Bonchev–Trinajstić information content (AvgIpc) is 3.36. The van der Waals surface area contributed by atoms with Crippen LogP contribution in [-0.4, -0.2) is 74.9 Å². The van der Waals surface area contributed by atoms with Crippen LogP contribution in [0.15, 0.2) is 97.2 Å². The molecule has 74 heavy (non-hydrogen) atoms. The normalized spacial score (nSPS) is 14.0. The number of phosphoric acid groups is 1. The third-order valence-corrected chi connectivity index (χ3v) is 13.6. The van der Waals surface area contributed by atoms with Crippen LogP contribution >= 0.6 is 7.82 Å². The number of hydrogen-bond acceptors (Lipinski definition) is 7. The second-order valence-corrected chi connectivity index (χ2v) is 22.4. The molecule has 0 aromatic rings. The first-order valence-corrected chi connectivity index (χ1v) is 31.5. The van der Waals surface area contributed by atoms with Gasteiger partial charge in [0.2, 0.25) is 0 Å². The van der Waals surface area contributed by atoms with E-state index in [4.69, 9.17) is 18.5 Å². The van der Waals surface area contributed by atoms with E-state index in [0.717, 1.165) is 96.3 Å². The molecule has 0 aliphatic heterocycles. The van der Waals surface area contributed by atoms with Crippen molar-refractivity contribution in [2.45, 2.75) is 251 Å². The summed E-state index contributed by atoms with van der Waals surface area (Å²) in [6.07, 6.45) is 74.7. The smallest absolute Gasteiger partial charge is 0.462 e. The van der Waals surface area contributed by atoms with Crippen molar-refractivity contribution in [1.29, 1.82) is 0 Å². The van der Waals surface area contributed by atoms with Crippen LogP contribution in [0.25, 0.3) is 0 Å². The van der Waals surface area contributed by atoms with Gasteiger partial charge in [0.15, 0.2) is 6.10 Å². The third-order valence-electron chi connectivity index (χ3n) is 12.6. The lowest BCUT2D eigenvalue weighted by Gasteiger charge is -2.24. The number of allylic oxidation sites excluding steroid dienone is 16. The molecule has 2 atom stereocenters. The first-order valence-electron chi connectivity index (χ1n) is 30.0. The highest BCUT2D eigenvalue weighted by atomic mass is 31.2. The summed E-state index contributed by atoms with van der Waals surface area (Å²) >= 11 is 0. The molecule has 0 aliphatic rings. The lowest BCUT2D eigenvalue weighted by Crippen LogP contribution is -2.37. The van der Waals surface area contributed by atoms with Crippen LogP contribution in [0.1, 0.15) is 245 Å². The quantitative estimate of drug-likeness (QED) is 0.0211. The number of ether oxygens (including phenoxy) is 2. The molecule has 1 N–H and O–H groups in total. The topological polar surface area (TPSA) is 108 Å². The van der Waals surface area contributed by atoms with Crippen LogP contribution in [0, 0.1) is 0 Å². The minimum Gasteiger partial charge on any atom is -0.462 e. The minimum absolute atomic E-state index is 0.0272. The first kappa shape index (κ1) is 70.9. The Morgan fingerprint density at radius 3 is 1.08 bits per heavy atom. The summed E-state index contributed by atoms with van der Waals surface area (Å²) in [5.74, 6) is -0.802. The summed E-state index contributed by atoms with van der Waals surface area (Å²) in [4.78, 5) is 35.7. The van der Waals surface area contributed by atoms with Crippen LogP contribution in [0.2, 0.25) is 0 Å². The van der Waals surface area contributed by atoms with Crippen molar-refractivity contribution in [2.75, 3.05) is 47.5 Å². The number of rotatable bonds is 54. The molecule has 10 heteroatoms. The fraction of sp³-hybridized carbons (Fsp3) is 0.719. The van der Waals surface area contributed by atoms with Gasteiger partial charge in [-0.1, -0.05) is 239 Å². The van der Waals surface area contributed by atoms with Crippen LogP contribution in [0.4, 0.5) is 0 Å². The van der Waals surface area contributed by atoms with Crippen LogP contribution in [0.3, 0.4) is 0 Å². The van der Waals surface area contributed by atoms with Gasteiger partial charge in [-0.15, -0.1) is 0 Å². The van der Waals surface area contributed by atoms with Gasteiger partial charge in [-0.3, -0.25) is 18.6 Å². The van der Waals surface area contributed by atoms with Crippen molar-refractivity contribution in [1.82, 2.24) is 0 Å². The maximum atomic E-state index is 12.8. The Balaban J connectivity index is 4.15. The molecule has 0 spiro atoms. The summed E-state index contributed by atoms with van der Waals surface area (Å²) in [7, 11) is 1.47. The standard InChI is InChI=1S/C64H112NO8P/c1-6-8-10-12-14-16-18-20-22-24-26-28-30-31-32-33-35-37-39-41-43-45-47-49-51-53-55-57-64(67)73-62(61-72-74(68,69)71-59-58-65(3,4)5)60-70-63(66)56-54-52-50-48-46-44-42-40-38-36-34-29-27-25-23-21-19-17-15-13-11-9-7-2/h8-11,14-17,20-23,26-29,62H,6-7,12-13,18-19,24-25,30-61H2,1-5H3/p+1/b10-8-,11-9-,16-14-,17-15-,22-20-,23-21-,28-26-,29-27-. The van der Waals surface area contributed by atoms with E-state index in [1.807, 2.05) is 21.1 Å². The maximum absolute atomic E-state index is 12.8. The molecule has 0 fully saturated rings. The molecule has 0 radical (unpaired) electrons. The molecule has 9 nitrogen and oxygen atoms in total. The predicted molar refractivity (Wildman–Crippen MR) is 316 cm³/mol. The van der Waals surface area contributed by atoms with Crippen molar-refractivity contribution in [3.05, 3.63) is 97.2 Å². The molecular weight excluding hydrogens is 942 g/mol. The molecule has 426 valence electrons. The van der Waals surface area contributed by atoms with E-state index in [1.54, 1.807) is 0 Å². The molecule has 0 rings (SSSR count). The predicted octanol–water partition coefficient (Wildman–Crippen LogP) is 18.8. The summed E-state index contributed by atoms with van der Waals surface area (Å²) in [6, 6.07) is 0. The molecule has 0 aromatic heterocycles. The van der Waals surface area contributed by atoms with Crippen molar-refractivity contribution in [3.8, 4) is 0 Å². The van der Waals surface area contributed by atoms with Crippen LogP contribution in [0.5, 0.6) is 0 Å². The molecule has 0 amide bonds. The Morgan fingerprint density at radius 2 is 0.730 bits per heavy atom. The third kappa shape index (κ3) is 58.2. The number of likely N-dealkylation sites (N-methyl/N-ethyl adjacent to an activating group) is 1. The lowest BCUT2D eigenvalue weighted by atomic mass is 10.0. The van der Waals surface area contributed by atoms with Gasteiger partial charge in [0.25, 0.3) is 0 Å².